The average molecular weight is 340 g/mol. The summed E-state index contributed by atoms with van der Waals surface area (Å²) in [4.78, 5) is 24.3. The van der Waals surface area contributed by atoms with E-state index in [1.165, 1.54) is 0 Å². The molecule has 1 unspecified atom stereocenters. The van der Waals surface area contributed by atoms with Crippen LogP contribution in [0.2, 0.25) is 0 Å². The molecule has 0 radical (unpaired) electrons. The van der Waals surface area contributed by atoms with Gasteiger partial charge in [-0.2, -0.15) is 0 Å². The molecule has 5 heteroatoms. The quantitative estimate of drug-likeness (QED) is 0.719. The number of aliphatic hydroxyl groups is 1. The van der Waals surface area contributed by atoms with E-state index in [0.717, 1.165) is 29.2 Å². The first kappa shape index (κ1) is 17.4. The van der Waals surface area contributed by atoms with Crippen molar-refractivity contribution >= 4 is 22.6 Å². The molecule has 25 heavy (non-hydrogen) atoms. The molecule has 0 aliphatic heterocycles. The molecule has 132 valence electrons. The van der Waals surface area contributed by atoms with Crippen molar-refractivity contribution in [1.82, 2.24) is 10.6 Å². The second-order valence-corrected chi connectivity index (χ2v) is 6.99. The summed E-state index contributed by atoms with van der Waals surface area (Å²) in [6.07, 6.45) is 2.27. The Kier molecular flexibility index (Phi) is 5.04. The van der Waals surface area contributed by atoms with Crippen LogP contribution in [0.3, 0.4) is 0 Å². The van der Waals surface area contributed by atoms with Gasteiger partial charge in [-0.05, 0) is 42.0 Å². The van der Waals surface area contributed by atoms with E-state index in [1.54, 1.807) is 0 Å². The second-order valence-electron chi connectivity index (χ2n) is 6.99. The number of carbonyl (C=O) groups is 2. The van der Waals surface area contributed by atoms with Crippen molar-refractivity contribution in [2.45, 2.75) is 31.7 Å². The van der Waals surface area contributed by atoms with Gasteiger partial charge < -0.3 is 15.7 Å². The predicted molar refractivity (Wildman–Crippen MR) is 97.0 cm³/mol. The third kappa shape index (κ3) is 4.17. The molecule has 0 saturated heterocycles. The third-order valence-corrected chi connectivity index (χ3v) is 4.91. The molecule has 0 bridgehead atoms. The maximum atomic E-state index is 12.2. The molecule has 0 spiro atoms. The average Bonchev–Trinajstić information content (AvgIpc) is 3.46. The molecule has 2 aromatic carbocycles. The molecule has 1 atom stereocenters. The summed E-state index contributed by atoms with van der Waals surface area (Å²) in [5.41, 5.74) is 0.353. The molecule has 2 aromatic rings. The predicted octanol–water partition coefficient (Wildman–Crippen LogP) is 1.78. The summed E-state index contributed by atoms with van der Waals surface area (Å²) >= 11 is 0. The summed E-state index contributed by atoms with van der Waals surface area (Å²) in [5, 5.41) is 17.2. The Morgan fingerprint density at radius 3 is 2.56 bits per heavy atom. The summed E-state index contributed by atoms with van der Waals surface area (Å²) in [6, 6.07) is 13.8. The van der Waals surface area contributed by atoms with Crippen molar-refractivity contribution in [3.8, 4) is 0 Å². The summed E-state index contributed by atoms with van der Waals surface area (Å²) in [5.74, 6) is -0.133. The Hall–Kier alpha value is -2.40. The maximum Gasteiger partial charge on any atom is 0.239 e. The number of carbonyl (C=O) groups excluding carboxylic acids is 2. The van der Waals surface area contributed by atoms with E-state index in [-0.39, 0.29) is 31.4 Å². The lowest BCUT2D eigenvalue weighted by Gasteiger charge is -2.28. The van der Waals surface area contributed by atoms with Gasteiger partial charge in [-0.3, -0.25) is 9.59 Å². The summed E-state index contributed by atoms with van der Waals surface area (Å²) in [6.45, 7) is 1.68. The van der Waals surface area contributed by atoms with Crippen LogP contribution in [0.5, 0.6) is 0 Å². The smallest absolute Gasteiger partial charge is 0.239 e. The normalized spacial score (nSPS) is 16.2. The third-order valence-electron chi connectivity index (χ3n) is 4.91. The number of hydrogen-bond donors (Lipinski definition) is 3. The zero-order valence-electron chi connectivity index (χ0n) is 14.4. The van der Waals surface area contributed by atoms with Crippen molar-refractivity contribution in [1.29, 1.82) is 0 Å². The van der Waals surface area contributed by atoms with Crippen LogP contribution >= 0.6 is 0 Å². The number of amides is 2. The highest BCUT2D eigenvalue weighted by molar-refractivity contribution is 5.91. The Balaban J connectivity index is 1.55. The highest BCUT2D eigenvalue weighted by Crippen LogP contribution is 2.39. The van der Waals surface area contributed by atoms with Crippen LogP contribution < -0.4 is 10.6 Å². The molecule has 1 fully saturated rings. The van der Waals surface area contributed by atoms with Gasteiger partial charge in [0.2, 0.25) is 11.8 Å². The number of fused-ring (bicyclic) bond motifs is 1. The minimum atomic E-state index is -0.586. The minimum absolute atomic E-state index is 0.0775. The van der Waals surface area contributed by atoms with Crippen molar-refractivity contribution in [2.24, 2.45) is 5.92 Å². The van der Waals surface area contributed by atoms with Crippen molar-refractivity contribution < 1.29 is 14.7 Å². The van der Waals surface area contributed by atoms with Crippen LogP contribution in [-0.4, -0.2) is 35.6 Å². The minimum Gasteiger partial charge on any atom is -0.394 e. The molecule has 1 aliphatic rings. The van der Waals surface area contributed by atoms with Gasteiger partial charge in [0.25, 0.3) is 0 Å². The lowest BCUT2D eigenvalue weighted by Crippen LogP contribution is -2.53. The van der Waals surface area contributed by atoms with E-state index in [9.17, 15) is 14.7 Å². The van der Waals surface area contributed by atoms with E-state index >= 15 is 0 Å². The van der Waals surface area contributed by atoms with Crippen molar-refractivity contribution in [2.75, 3.05) is 13.2 Å². The van der Waals surface area contributed by atoms with Gasteiger partial charge in [-0.15, -0.1) is 0 Å². The number of aliphatic hydroxyl groups excluding tert-OH is 1. The molecule has 0 aromatic heterocycles. The molecule has 0 heterocycles. The molecular formula is C20H24N2O3. The summed E-state index contributed by atoms with van der Waals surface area (Å²) in [7, 11) is 0. The number of nitrogens with one attached hydrogen (secondary N) is 2. The van der Waals surface area contributed by atoms with Gasteiger partial charge in [0.05, 0.1) is 25.1 Å². The molecule has 1 aliphatic carbocycles. The first-order chi connectivity index (χ1) is 12.0. The van der Waals surface area contributed by atoms with Gasteiger partial charge >= 0.3 is 0 Å². The second kappa shape index (κ2) is 7.23. The summed E-state index contributed by atoms with van der Waals surface area (Å²) < 4.78 is 0. The maximum absolute atomic E-state index is 12.2. The van der Waals surface area contributed by atoms with E-state index in [2.05, 4.69) is 10.6 Å². The van der Waals surface area contributed by atoms with E-state index < -0.39 is 5.54 Å². The molecular weight excluding hydrogens is 316 g/mol. The van der Waals surface area contributed by atoms with E-state index in [0.29, 0.717) is 5.92 Å². The number of benzene rings is 2. The lowest BCUT2D eigenvalue weighted by molar-refractivity contribution is -0.127. The van der Waals surface area contributed by atoms with Gasteiger partial charge in [0.15, 0.2) is 0 Å². The van der Waals surface area contributed by atoms with Crippen LogP contribution in [0.25, 0.3) is 10.8 Å². The Bertz CT molecular complexity index is 780. The zero-order chi connectivity index (χ0) is 17.9. The van der Waals surface area contributed by atoms with Gasteiger partial charge in [-0.1, -0.05) is 42.5 Å². The highest BCUT2D eigenvalue weighted by atomic mass is 16.3. The van der Waals surface area contributed by atoms with Crippen LogP contribution in [0.1, 0.15) is 25.3 Å². The highest BCUT2D eigenvalue weighted by Gasteiger charge is 2.42. The van der Waals surface area contributed by atoms with Gasteiger partial charge in [0.1, 0.15) is 0 Å². The molecule has 2 amide bonds. The first-order valence-corrected chi connectivity index (χ1v) is 8.67. The Morgan fingerprint density at radius 2 is 1.84 bits per heavy atom. The van der Waals surface area contributed by atoms with Crippen molar-refractivity contribution in [3.05, 3.63) is 48.0 Å². The standard InChI is InChI=1S/C20H24N2O3/c1-20(13-23,16-9-10-16)22-19(25)12-21-18(24)11-15-7-4-6-14-5-2-3-8-17(14)15/h2-8,16,23H,9-13H2,1H3,(H,21,24)(H,22,25). The van der Waals surface area contributed by atoms with Crippen LogP contribution in [0.15, 0.2) is 42.5 Å². The molecule has 5 nitrogen and oxygen atoms in total. The monoisotopic (exact) mass is 340 g/mol. The van der Waals surface area contributed by atoms with Gasteiger partial charge in [0, 0.05) is 0 Å². The Labute approximate surface area is 147 Å². The fraction of sp³-hybridized carbons (Fsp3) is 0.400. The van der Waals surface area contributed by atoms with Crippen molar-refractivity contribution in [3.63, 3.8) is 0 Å². The number of rotatable bonds is 7. The van der Waals surface area contributed by atoms with Crippen LogP contribution in [0, 0.1) is 5.92 Å². The first-order valence-electron chi connectivity index (χ1n) is 8.67. The van der Waals surface area contributed by atoms with E-state index in [1.807, 2.05) is 49.4 Å². The van der Waals surface area contributed by atoms with Crippen LogP contribution in [0.4, 0.5) is 0 Å². The largest absolute Gasteiger partial charge is 0.394 e. The molecule has 3 rings (SSSR count). The fourth-order valence-corrected chi connectivity index (χ4v) is 3.21. The SMILES string of the molecule is CC(CO)(NC(=O)CNC(=O)Cc1cccc2ccccc12)C1CC1. The zero-order valence-corrected chi connectivity index (χ0v) is 14.4. The van der Waals surface area contributed by atoms with Gasteiger partial charge in [-0.25, -0.2) is 0 Å². The van der Waals surface area contributed by atoms with Crippen LogP contribution in [-0.2, 0) is 16.0 Å². The number of hydrogen-bond acceptors (Lipinski definition) is 3. The molecule has 1 saturated carbocycles. The lowest BCUT2D eigenvalue weighted by atomic mass is 9.97. The molecule has 3 N–H and O–H groups in total. The fourth-order valence-electron chi connectivity index (χ4n) is 3.21. The topological polar surface area (TPSA) is 78.4 Å². The Morgan fingerprint density at radius 1 is 1.12 bits per heavy atom. The van der Waals surface area contributed by atoms with E-state index in [4.69, 9.17) is 0 Å².